The van der Waals surface area contributed by atoms with E-state index >= 15 is 0 Å². The van der Waals surface area contributed by atoms with Crippen molar-refractivity contribution in [3.63, 3.8) is 0 Å². The molecule has 0 bridgehead atoms. The second-order valence-electron chi connectivity index (χ2n) is 4.04. The van der Waals surface area contributed by atoms with E-state index in [1.54, 1.807) is 6.20 Å². The van der Waals surface area contributed by atoms with Crippen LogP contribution in [0.15, 0.2) is 24.4 Å². The van der Waals surface area contributed by atoms with Gasteiger partial charge in [-0.15, -0.1) is 11.3 Å². The zero-order valence-electron chi connectivity index (χ0n) is 9.14. The van der Waals surface area contributed by atoms with Crippen molar-refractivity contribution in [1.82, 2.24) is 4.98 Å². The van der Waals surface area contributed by atoms with Gasteiger partial charge in [0.1, 0.15) is 20.9 Å². The number of ether oxygens (including phenoxy) is 1. The van der Waals surface area contributed by atoms with Gasteiger partial charge in [0.25, 0.3) is 0 Å². The SMILES string of the molecule is O[C@@H]1CC(c2ncc(Cl)s2)Oc2ccc(F)cc21. The van der Waals surface area contributed by atoms with Crippen LogP contribution >= 0.6 is 22.9 Å². The Bertz CT molecular complexity index is 589. The minimum Gasteiger partial charge on any atom is -0.483 e. The van der Waals surface area contributed by atoms with Crippen molar-refractivity contribution in [2.24, 2.45) is 0 Å². The maximum absolute atomic E-state index is 13.1. The third kappa shape index (κ3) is 2.09. The largest absolute Gasteiger partial charge is 0.483 e. The van der Waals surface area contributed by atoms with Crippen LogP contribution in [0.3, 0.4) is 0 Å². The van der Waals surface area contributed by atoms with Crippen molar-refractivity contribution >= 4 is 22.9 Å². The molecule has 1 unspecified atom stereocenters. The monoisotopic (exact) mass is 285 g/mol. The number of rotatable bonds is 1. The molecule has 1 N–H and O–H groups in total. The molecule has 2 heterocycles. The van der Waals surface area contributed by atoms with Crippen LogP contribution in [0.4, 0.5) is 4.39 Å². The fourth-order valence-electron chi connectivity index (χ4n) is 1.99. The van der Waals surface area contributed by atoms with E-state index < -0.39 is 6.10 Å². The molecule has 0 aliphatic carbocycles. The Labute approximate surface area is 112 Å². The third-order valence-electron chi connectivity index (χ3n) is 2.81. The van der Waals surface area contributed by atoms with Gasteiger partial charge in [0.2, 0.25) is 0 Å². The predicted molar refractivity (Wildman–Crippen MR) is 66.5 cm³/mol. The number of nitrogens with zero attached hydrogens (tertiary/aromatic N) is 1. The molecule has 1 aliphatic rings. The van der Waals surface area contributed by atoms with E-state index in [1.807, 2.05) is 0 Å². The first-order valence-electron chi connectivity index (χ1n) is 5.39. The molecule has 94 valence electrons. The molecule has 18 heavy (non-hydrogen) atoms. The van der Waals surface area contributed by atoms with Crippen molar-refractivity contribution in [3.05, 3.63) is 45.1 Å². The number of benzene rings is 1. The molecular weight excluding hydrogens is 277 g/mol. The zero-order chi connectivity index (χ0) is 12.7. The average molecular weight is 286 g/mol. The van der Waals surface area contributed by atoms with Gasteiger partial charge in [0, 0.05) is 12.0 Å². The van der Waals surface area contributed by atoms with Gasteiger partial charge in [-0.3, -0.25) is 0 Å². The van der Waals surface area contributed by atoms with E-state index in [4.69, 9.17) is 16.3 Å². The Morgan fingerprint density at radius 2 is 2.33 bits per heavy atom. The Hall–Kier alpha value is -1.17. The van der Waals surface area contributed by atoms with Gasteiger partial charge >= 0.3 is 0 Å². The van der Waals surface area contributed by atoms with Crippen LogP contribution in [-0.2, 0) is 0 Å². The molecule has 0 saturated heterocycles. The van der Waals surface area contributed by atoms with Crippen molar-refractivity contribution in [1.29, 1.82) is 0 Å². The van der Waals surface area contributed by atoms with Crippen molar-refractivity contribution in [2.75, 3.05) is 0 Å². The van der Waals surface area contributed by atoms with Crippen LogP contribution in [0.2, 0.25) is 4.34 Å². The summed E-state index contributed by atoms with van der Waals surface area (Å²) < 4.78 is 19.4. The summed E-state index contributed by atoms with van der Waals surface area (Å²) in [6.07, 6.45) is 0.810. The molecule has 1 aromatic heterocycles. The molecular formula is C12H9ClFNO2S. The Kier molecular flexibility index (Phi) is 2.97. The highest BCUT2D eigenvalue weighted by atomic mass is 35.5. The summed E-state index contributed by atoms with van der Waals surface area (Å²) in [5.74, 6) is 0.110. The Morgan fingerprint density at radius 1 is 1.50 bits per heavy atom. The summed E-state index contributed by atoms with van der Waals surface area (Å²) in [5, 5.41) is 10.7. The van der Waals surface area contributed by atoms with Crippen LogP contribution in [0.25, 0.3) is 0 Å². The number of aliphatic hydroxyl groups is 1. The lowest BCUT2D eigenvalue weighted by molar-refractivity contribution is 0.0652. The van der Waals surface area contributed by atoms with E-state index in [-0.39, 0.29) is 11.9 Å². The summed E-state index contributed by atoms with van der Waals surface area (Å²) in [7, 11) is 0. The molecule has 0 spiro atoms. The van der Waals surface area contributed by atoms with Gasteiger partial charge in [-0.2, -0.15) is 0 Å². The average Bonchev–Trinajstić information content (AvgIpc) is 2.77. The highest BCUT2D eigenvalue weighted by Crippen LogP contribution is 2.42. The number of thiazole rings is 1. The number of aromatic nitrogens is 1. The van der Waals surface area contributed by atoms with Gasteiger partial charge in [-0.05, 0) is 18.2 Å². The molecule has 1 aromatic carbocycles. The van der Waals surface area contributed by atoms with Crippen LogP contribution in [0, 0.1) is 5.82 Å². The number of fused-ring (bicyclic) bond motifs is 1. The van der Waals surface area contributed by atoms with Crippen molar-refractivity contribution < 1.29 is 14.2 Å². The lowest BCUT2D eigenvalue weighted by Crippen LogP contribution is -2.19. The summed E-state index contributed by atoms with van der Waals surface area (Å²) in [4.78, 5) is 4.14. The van der Waals surface area contributed by atoms with E-state index in [2.05, 4.69) is 4.98 Å². The van der Waals surface area contributed by atoms with Crippen LogP contribution in [0.1, 0.15) is 29.2 Å². The van der Waals surface area contributed by atoms with E-state index in [0.717, 1.165) is 0 Å². The van der Waals surface area contributed by atoms with Crippen LogP contribution in [-0.4, -0.2) is 10.1 Å². The van der Waals surface area contributed by atoms with Crippen molar-refractivity contribution in [2.45, 2.75) is 18.6 Å². The second kappa shape index (κ2) is 4.50. The lowest BCUT2D eigenvalue weighted by atomic mass is 9.99. The standard InChI is InChI=1S/C12H9ClFNO2S/c13-11-5-15-12(18-11)10-4-8(16)7-3-6(14)1-2-9(7)17-10/h1-3,5,8,10,16H,4H2/t8-,10?/m1/s1. The topological polar surface area (TPSA) is 42.4 Å². The van der Waals surface area contributed by atoms with E-state index in [1.165, 1.54) is 29.5 Å². The molecule has 0 fully saturated rings. The summed E-state index contributed by atoms with van der Waals surface area (Å²) in [5.41, 5.74) is 0.480. The highest BCUT2D eigenvalue weighted by Gasteiger charge is 2.30. The van der Waals surface area contributed by atoms with Crippen LogP contribution < -0.4 is 4.74 Å². The van der Waals surface area contributed by atoms with Gasteiger partial charge < -0.3 is 9.84 Å². The number of hydrogen-bond donors (Lipinski definition) is 1. The molecule has 6 heteroatoms. The maximum Gasteiger partial charge on any atom is 0.153 e. The first kappa shape index (κ1) is 11.9. The number of aliphatic hydroxyl groups excluding tert-OH is 1. The van der Waals surface area contributed by atoms with E-state index in [0.29, 0.717) is 27.1 Å². The molecule has 0 amide bonds. The predicted octanol–water partition coefficient (Wildman–Crippen LogP) is 3.49. The molecule has 3 nitrogen and oxygen atoms in total. The highest BCUT2D eigenvalue weighted by molar-refractivity contribution is 7.15. The third-order valence-corrected chi connectivity index (χ3v) is 4.02. The van der Waals surface area contributed by atoms with Gasteiger partial charge in [0.05, 0.1) is 12.3 Å². The minimum atomic E-state index is -0.753. The van der Waals surface area contributed by atoms with E-state index in [9.17, 15) is 9.50 Å². The molecule has 1 aliphatic heterocycles. The number of halogens is 2. The van der Waals surface area contributed by atoms with Gasteiger partial charge in [-0.25, -0.2) is 9.37 Å². The molecule has 2 atom stereocenters. The summed E-state index contributed by atoms with van der Waals surface area (Å²) >= 11 is 7.14. The minimum absolute atomic E-state index is 0.338. The quantitative estimate of drug-likeness (QED) is 0.872. The first-order chi connectivity index (χ1) is 8.63. The lowest BCUT2D eigenvalue weighted by Gasteiger charge is -2.28. The number of hydrogen-bond acceptors (Lipinski definition) is 4. The van der Waals surface area contributed by atoms with Crippen LogP contribution in [0.5, 0.6) is 5.75 Å². The molecule has 3 rings (SSSR count). The molecule has 2 aromatic rings. The van der Waals surface area contributed by atoms with Crippen molar-refractivity contribution in [3.8, 4) is 5.75 Å². The Morgan fingerprint density at radius 3 is 3.06 bits per heavy atom. The van der Waals surface area contributed by atoms with Gasteiger partial charge in [-0.1, -0.05) is 11.6 Å². The fourth-order valence-corrected chi connectivity index (χ4v) is 2.96. The maximum atomic E-state index is 13.1. The Balaban J connectivity index is 1.94. The smallest absolute Gasteiger partial charge is 0.153 e. The normalized spacial score (nSPS) is 22.4. The first-order valence-corrected chi connectivity index (χ1v) is 6.58. The van der Waals surface area contributed by atoms with Gasteiger partial charge in [0.15, 0.2) is 6.10 Å². The summed E-state index contributed by atoms with van der Waals surface area (Å²) in [6, 6.07) is 4.13. The molecule has 0 saturated carbocycles. The second-order valence-corrected chi connectivity index (χ2v) is 5.74. The molecule has 0 radical (unpaired) electrons. The fraction of sp³-hybridized carbons (Fsp3) is 0.250. The summed E-state index contributed by atoms with van der Waals surface area (Å²) in [6.45, 7) is 0. The zero-order valence-corrected chi connectivity index (χ0v) is 10.7.